The first kappa shape index (κ1) is 41.4. The van der Waals surface area contributed by atoms with Crippen LogP contribution >= 0.6 is 0 Å². The van der Waals surface area contributed by atoms with E-state index in [0.717, 1.165) is 32.1 Å². The van der Waals surface area contributed by atoms with E-state index >= 15 is 0 Å². The van der Waals surface area contributed by atoms with Crippen molar-refractivity contribution in [3.05, 3.63) is 0 Å². The topological polar surface area (TPSA) is 155 Å². The second-order valence-corrected chi connectivity index (χ2v) is 12.8. The van der Waals surface area contributed by atoms with Crippen LogP contribution in [0, 0.1) is 0 Å². The Bertz CT molecular complexity index is 868. The van der Waals surface area contributed by atoms with Gasteiger partial charge in [-0.3, -0.25) is 4.79 Å². The lowest BCUT2D eigenvalue weighted by molar-refractivity contribution is -0.146. The Kier molecular flexibility index (Phi) is 26.7. The number of carbonyl (C=O) groups is 2. The third-order valence-electron chi connectivity index (χ3n) is 8.40. The molecular weight excluding hydrogens is 580 g/mol. The fourth-order valence-corrected chi connectivity index (χ4v) is 5.56. The zero-order valence-corrected chi connectivity index (χ0v) is 29.5. The lowest BCUT2D eigenvalue weighted by Gasteiger charge is -2.17. The van der Waals surface area contributed by atoms with E-state index < -0.39 is 12.0 Å². The minimum Gasteiger partial charge on any atom is -0.466 e. The van der Waals surface area contributed by atoms with Crippen molar-refractivity contribution in [3.63, 3.8) is 0 Å². The quantitative estimate of drug-likeness (QED) is 0.0508. The molecule has 0 radical (unpaired) electrons. The molecule has 0 saturated heterocycles. The van der Waals surface area contributed by atoms with Gasteiger partial charge in [0.05, 0.1) is 13.2 Å². The summed E-state index contributed by atoms with van der Waals surface area (Å²) in [7, 11) is 0. The summed E-state index contributed by atoms with van der Waals surface area (Å²) in [4.78, 5) is 37.2. The summed E-state index contributed by atoms with van der Waals surface area (Å²) in [5.74, 6) is -0.837. The van der Waals surface area contributed by atoms with Gasteiger partial charge in [0.2, 0.25) is 17.8 Å². The Labute approximate surface area is 280 Å². The van der Waals surface area contributed by atoms with Crippen molar-refractivity contribution in [3.8, 4) is 0 Å². The van der Waals surface area contributed by atoms with Crippen LogP contribution in [0.25, 0.3) is 0 Å². The Hall–Kier alpha value is -2.65. The lowest BCUT2D eigenvalue weighted by atomic mass is 10.1. The smallest absolute Gasteiger partial charge is 0.328 e. The normalized spacial score (nSPS) is 11.8. The van der Waals surface area contributed by atoms with E-state index in [-0.39, 0.29) is 36.7 Å². The van der Waals surface area contributed by atoms with Gasteiger partial charge < -0.3 is 26.3 Å². The van der Waals surface area contributed by atoms with Crippen LogP contribution in [0.5, 0.6) is 0 Å². The number of nitrogens with one attached hydrogen (secondary N) is 1. The molecule has 1 heterocycles. The average molecular weight is 649 g/mol. The van der Waals surface area contributed by atoms with E-state index in [1.165, 1.54) is 122 Å². The number of nitrogens with two attached hydrogens (primary N) is 2. The molecule has 0 amide bonds. The number of hydrogen-bond donors (Lipinski definition) is 3. The summed E-state index contributed by atoms with van der Waals surface area (Å²) in [5, 5.41) is 2.93. The first-order valence-electron chi connectivity index (χ1n) is 18.8. The fourth-order valence-electron chi connectivity index (χ4n) is 5.56. The number of carbonyl (C=O) groups excluding carboxylic acids is 2. The summed E-state index contributed by atoms with van der Waals surface area (Å²) in [6, 6.07) is -0.835. The largest absolute Gasteiger partial charge is 0.466 e. The molecule has 1 aromatic rings. The molecule has 10 nitrogen and oxygen atoms in total. The Balaban J connectivity index is 2.26. The molecule has 0 bridgehead atoms. The van der Waals surface area contributed by atoms with Gasteiger partial charge in [-0.1, -0.05) is 155 Å². The van der Waals surface area contributed by atoms with Crippen molar-refractivity contribution in [2.24, 2.45) is 0 Å². The lowest BCUT2D eigenvalue weighted by Crippen LogP contribution is -2.33. The van der Waals surface area contributed by atoms with Crippen molar-refractivity contribution >= 4 is 29.8 Å². The second kappa shape index (κ2) is 29.7. The Morgan fingerprint density at radius 1 is 0.565 bits per heavy atom. The molecule has 1 rings (SSSR count). The molecule has 0 spiro atoms. The summed E-state index contributed by atoms with van der Waals surface area (Å²) < 4.78 is 11.0. The molecule has 5 N–H and O–H groups in total. The van der Waals surface area contributed by atoms with Crippen molar-refractivity contribution in [1.82, 2.24) is 15.0 Å². The van der Waals surface area contributed by atoms with Gasteiger partial charge >= 0.3 is 11.9 Å². The predicted octanol–water partition coefficient (Wildman–Crippen LogP) is 9.09. The van der Waals surface area contributed by atoms with Gasteiger partial charge in [0, 0.05) is 6.42 Å². The van der Waals surface area contributed by atoms with E-state index in [1.807, 2.05) is 0 Å². The molecule has 0 aliphatic heterocycles. The fraction of sp³-hybridized carbons (Fsp3) is 0.861. The number of nitrogens with zero attached hydrogens (tertiary/aromatic N) is 3. The molecule has 0 unspecified atom stereocenters. The maximum atomic E-state index is 12.9. The molecule has 0 fully saturated rings. The van der Waals surface area contributed by atoms with Gasteiger partial charge in [0.1, 0.15) is 6.04 Å². The van der Waals surface area contributed by atoms with Crippen LogP contribution in [0.15, 0.2) is 0 Å². The van der Waals surface area contributed by atoms with Crippen LogP contribution in [0.2, 0.25) is 0 Å². The van der Waals surface area contributed by atoms with Crippen molar-refractivity contribution in [2.75, 3.05) is 30.0 Å². The van der Waals surface area contributed by atoms with Gasteiger partial charge in [0.25, 0.3) is 0 Å². The van der Waals surface area contributed by atoms with E-state index in [0.29, 0.717) is 13.2 Å². The monoisotopic (exact) mass is 649 g/mol. The van der Waals surface area contributed by atoms with Gasteiger partial charge in [-0.05, 0) is 19.3 Å². The predicted molar refractivity (Wildman–Crippen MR) is 189 cm³/mol. The minimum atomic E-state index is -0.835. The molecule has 0 saturated carbocycles. The number of hydrogen-bond acceptors (Lipinski definition) is 10. The number of rotatable bonds is 32. The molecule has 0 aliphatic carbocycles. The molecule has 46 heavy (non-hydrogen) atoms. The van der Waals surface area contributed by atoms with Crippen molar-refractivity contribution < 1.29 is 19.1 Å². The van der Waals surface area contributed by atoms with Gasteiger partial charge in [0.15, 0.2) is 0 Å². The molecule has 1 aromatic heterocycles. The maximum absolute atomic E-state index is 12.9. The summed E-state index contributed by atoms with van der Waals surface area (Å²) >= 11 is 0. The van der Waals surface area contributed by atoms with E-state index in [4.69, 9.17) is 20.9 Å². The average Bonchev–Trinajstić information content (AvgIpc) is 3.03. The van der Waals surface area contributed by atoms with Crippen LogP contribution < -0.4 is 16.8 Å². The van der Waals surface area contributed by atoms with Crippen LogP contribution in [0.4, 0.5) is 17.8 Å². The van der Waals surface area contributed by atoms with E-state index in [1.54, 1.807) is 0 Å². The number of nitrogen functional groups attached to an aromatic ring is 2. The highest BCUT2D eigenvalue weighted by atomic mass is 16.5. The van der Waals surface area contributed by atoms with Crippen LogP contribution in [0.1, 0.15) is 181 Å². The van der Waals surface area contributed by atoms with Crippen LogP contribution in [-0.2, 0) is 19.1 Å². The summed E-state index contributed by atoms with van der Waals surface area (Å²) in [5.41, 5.74) is 11.4. The first-order valence-corrected chi connectivity index (χ1v) is 18.8. The SMILES string of the molecule is CCCCCCCCCCCCCCOC(=O)CC[C@@H](Nc1nc(N)nc(N)n1)C(=O)OCCCCCCCCCCCCCC. The van der Waals surface area contributed by atoms with E-state index in [2.05, 4.69) is 34.1 Å². The van der Waals surface area contributed by atoms with Crippen molar-refractivity contribution in [1.29, 1.82) is 0 Å². The molecular formula is C36H68N6O4. The Morgan fingerprint density at radius 2 is 0.935 bits per heavy atom. The minimum absolute atomic E-state index is 0.0552. The number of unbranched alkanes of at least 4 members (excludes halogenated alkanes) is 22. The maximum Gasteiger partial charge on any atom is 0.328 e. The second-order valence-electron chi connectivity index (χ2n) is 12.8. The summed E-state index contributed by atoms with van der Waals surface area (Å²) in [6.45, 7) is 5.24. The van der Waals surface area contributed by atoms with Crippen LogP contribution in [-0.4, -0.2) is 46.1 Å². The number of esters is 2. The highest BCUT2D eigenvalue weighted by molar-refractivity contribution is 5.80. The number of aromatic nitrogens is 3. The highest BCUT2D eigenvalue weighted by Crippen LogP contribution is 2.15. The molecule has 0 aliphatic rings. The third-order valence-corrected chi connectivity index (χ3v) is 8.40. The van der Waals surface area contributed by atoms with Gasteiger partial charge in [-0.2, -0.15) is 15.0 Å². The van der Waals surface area contributed by atoms with Gasteiger partial charge in [-0.15, -0.1) is 0 Å². The standard InChI is InChI=1S/C36H68N6O4/c1-3-5-7-9-11-13-15-17-19-21-23-25-29-45-32(43)28-27-31(39-36-41-34(37)40-35(38)42-36)33(44)46-30-26-24-22-20-18-16-14-12-10-8-6-4-2/h31H,3-30H2,1-2H3,(H5,37,38,39,40,41,42)/t31-/m1/s1. The molecule has 0 aromatic carbocycles. The highest BCUT2D eigenvalue weighted by Gasteiger charge is 2.23. The van der Waals surface area contributed by atoms with Crippen LogP contribution in [0.3, 0.4) is 0 Å². The number of ether oxygens (including phenoxy) is 2. The zero-order chi connectivity index (χ0) is 33.5. The zero-order valence-electron chi connectivity index (χ0n) is 29.5. The third kappa shape index (κ3) is 24.6. The first-order chi connectivity index (χ1) is 22.5. The molecule has 10 heteroatoms. The molecule has 266 valence electrons. The molecule has 1 atom stereocenters. The van der Waals surface area contributed by atoms with Gasteiger partial charge in [-0.25, -0.2) is 4.79 Å². The van der Waals surface area contributed by atoms with E-state index in [9.17, 15) is 9.59 Å². The number of anilines is 3. The summed E-state index contributed by atoms with van der Waals surface area (Å²) in [6.07, 6.45) is 30.1. The van der Waals surface area contributed by atoms with Crippen molar-refractivity contribution in [2.45, 2.75) is 187 Å². The Morgan fingerprint density at radius 3 is 1.35 bits per heavy atom.